The minimum atomic E-state index is -0.305. The van der Waals surface area contributed by atoms with E-state index >= 15 is 0 Å². The third kappa shape index (κ3) is 2.15. The van der Waals surface area contributed by atoms with E-state index < -0.39 is 0 Å². The van der Waals surface area contributed by atoms with E-state index in [4.69, 9.17) is 23.2 Å². The highest BCUT2D eigenvalue weighted by Gasteiger charge is 2.39. The largest absolute Gasteiger partial charge is 0.367 e. The Bertz CT molecular complexity index is 479. The van der Waals surface area contributed by atoms with Gasteiger partial charge in [0.2, 0.25) is 11.6 Å². The summed E-state index contributed by atoms with van der Waals surface area (Å²) in [5.41, 5.74) is 0.587. The molecule has 2 saturated heterocycles. The lowest BCUT2D eigenvalue weighted by Gasteiger charge is -2.29. The summed E-state index contributed by atoms with van der Waals surface area (Å²) >= 11 is 12.4. The predicted molar refractivity (Wildman–Crippen MR) is 77.4 cm³/mol. The minimum absolute atomic E-state index is 0.0307. The summed E-state index contributed by atoms with van der Waals surface area (Å²) in [6.07, 6.45) is 4.04. The van der Waals surface area contributed by atoms with Gasteiger partial charge in [0.05, 0.1) is 0 Å². The van der Waals surface area contributed by atoms with E-state index in [-0.39, 0.29) is 21.6 Å². The van der Waals surface area contributed by atoms with Crippen LogP contribution in [0.1, 0.15) is 25.7 Å². The highest BCUT2D eigenvalue weighted by atomic mass is 35.5. The molecule has 0 N–H and O–H groups in total. The predicted octanol–water partition coefficient (Wildman–Crippen LogP) is 2.23. The maximum atomic E-state index is 12.5. The maximum Gasteiger partial charge on any atom is 0.224 e. The molecule has 108 valence electrons. The number of allylic oxidation sites excluding steroid dienone is 2. The monoisotopic (exact) mass is 314 g/mol. The van der Waals surface area contributed by atoms with E-state index in [1.54, 1.807) is 0 Å². The quantitative estimate of drug-likeness (QED) is 0.733. The van der Waals surface area contributed by atoms with Crippen LogP contribution >= 0.6 is 23.2 Å². The first-order valence-electron chi connectivity index (χ1n) is 7.00. The molecule has 20 heavy (non-hydrogen) atoms. The Morgan fingerprint density at radius 3 is 1.25 bits per heavy atom. The molecule has 1 aliphatic carbocycles. The summed E-state index contributed by atoms with van der Waals surface area (Å²) in [5.74, 6) is -0.611. The van der Waals surface area contributed by atoms with Gasteiger partial charge in [0.1, 0.15) is 21.5 Å². The Labute approximate surface area is 128 Å². The topological polar surface area (TPSA) is 40.6 Å². The molecule has 0 bridgehead atoms. The lowest BCUT2D eigenvalue weighted by Crippen LogP contribution is -2.36. The summed E-state index contributed by atoms with van der Waals surface area (Å²) in [7, 11) is 0. The molecule has 0 aromatic rings. The van der Waals surface area contributed by atoms with Crippen molar-refractivity contribution in [2.75, 3.05) is 26.2 Å². The van der Waals surface area contributed by atoms with Gasteiger partial charge in [-0.25, -0.2) is 0 Å². The molecule has 2 fully saturated rings. The van der Waals surface area contributed by atoms with Gasteiger partial charge in [-0.05, 0) is 25.7 Å². The fourth-order valence-electron chi connectivity index (χ4n) is 3.07. The second-order valence-corrected chi connectivity index (χ2v) is 6.13. The second kappa shape index (κ2) is 5.41. The van der Waals surface area contributed by atoms with Crippen LogP contribution in [-0.2, 0) is 9.59 Å². The van der Waals surface area contributed by atoms with Crippen molar-refractivity contribution in [1.82, 2.24) is 9.80 Å². The van der Waals surface area contributed by atoms with Crippen LogP contribution in [0.25, 0.3) is 0 Å². The first-order valence-corrected chi connectivity index (χ1v) is 7.75. The fourth-order valence-corrected chi connectivity index (χ4v) is 3.66. The number of hydrogen-bond acceptors (Lipinski definition) is 4. The van der Waals surface area contributed by atoms with Gasteiger partial charge >= 0.3 is 0 Å². The van der Waals surface area contributed by atoms with Crippen molar-refractivity contribution in [2.24, 2.45) is 0 Å². The number of carbonyl (C=O) groups is 2. The Morgan fingerprint density at radius 2 is 0.950 bits per heavy atom. The van der Waals surface area contributed by atoms with E-state index in [9.17, 15) is 9.59 Å². The highest BCUT2D eigenvalue weighted by molar-refractivity contribution is 6.55. The lowest BCUT2D eigenvalue weighted by atomic mass is 10.0. The normalized spacial score (nSPS) is 24.5. The van der Waals surface area contributed by atoms with Crippen molar-refractivity contribution >= 4 is 34.8 Å². The van der Waals surface area contributed by atoms with Crippen LogP contribution in [0, 0.1) is 0 Å². The number of Topliss-reactive ketones (excluding diaryl/α,β-unsaturated/α-hetero) is 2. The van der Waals surface area contributed by atoms with Crippen molar-refractivity contribution in [3.8, 4) is 0 Å². The number of halogens is 2. The molecule has 3 aliphatic rings. The van der Waals surface area contributed by atoms with Gasteiger partial charge < -0.3 is 9.80 Å². The fraction of sp³-hybridized carbons (Fsp3) is 0.571. The zero-order valence-corrected chi connectivity index (χ0v) is 12.6. The van der Waals surface area contributed by atoms with Crippen molar-refractivity contribution in [3.63, 3.8) is 0 Å². The van der Waals surface area contributed by atoms with Gasteiger partial charge in [-0.1, -0.05) is 23.2 Å². The van der Waals surface area contributed by atoms with E-state index in [1.165, 1.54) is 0 Å². The first-order chi connectivity index (χ1) is 9.61. The number of hydrogen-bond donors (Lipinski definition) is 0. The van der Waals surface area contributed by atoms with E-state index in [0.29, 0.717) is 11.4 Å². The van der Waals surface area contributed by atoms with Crippen LogP contribution in [-0.4, -0.2) is 47.5 Å². The SMILES string of the molecule is O=C1C(Cl)=C(N2CCCC2)C(=O)C(Cl)=C1N1CCCC1. The van der Waals surface area contributed by atoms with Crippen molar-refractivity contribution < 1.29 is 9.59 Å². The van der Waals surface area contributed by atoms with Gasteiger partial charge in [-0.15, -0.1) is 0 Å². The molecule has 3 rings (SSSR count). The smallest absolute Gasteiger partial charge is 0.224 e. The molecule has 4 nitrogen and oxygen atoms in total. The van der Waals surface area contributed by atoms with E-state index in [1.807, 2.05) is 9.80 Å². The first kappa shape index (κ1) is 14.0. The Hall–Kier alpha value is -1.00. The highest BCUT2D eigenvalue weighted by Crippen LogP contribution is 2.35. The third-order valence-corrected chi connectivity index (χ3v) is 4.79. The van der Waals surface area contributed by atoms with Gasteiger partial charge in [0.25, 0.3) is 0 Å². The Kier molecular flexibility index (Phi) is 3.78. The molecule has 0 aromatic heterocycles. The number of ketones is 2. The lowest BCUT2D eigenvalue weighted by molar-refractivity contribution is -0.117. The van der Waals surface area contributed by atoms with Crippen LogP contribution in [0.15, 0.2) is 21.5 Å². The molecule has 0 radical (unpaired) electrons. The summed E-state index contributed by atoms with van der Waals surface area (Å²) < 4.78 is 0. The van der Waals surface area contributed by atoms with Crippen molar-refractivity contribution in [1.29, 1.82) is 0 Å². The minimum Gasteiger partial charge on any atom is -0.367 e. The standard InChI is InChI=1S/C14H16Cl2N2O2/c15-9-11(17-5-1-2-6-17)13(19)10(16)12(14(9)20)18-7-3-4-8-18/h1-8H2. The van der Waals surface area contributed by atoms with E-state index in [0.717, 1.165) is 51.9 Å². The van der Waals surface area contributed by atoms with Crippen LogP contribution in [0.5, 0.6) is 0 Å². The molecule has 2 heterocycles. The average Bonchev–Trinajstić information content (AvgIpc) is 3.10. The molecular weight excluding hydrogens is 299 g/mol. The summed E-state index contributed by atoms with van der Waals surface area (Å²) in [6.45, 7) is 3.03. The zero-order chi connectivity index (χ0) is 14.3. The Morgan fingerprint density at radius 1 is 0.650 bits per heavy atom. The van der Waals surface area contributed by atoms with Crippen molar-refractivity contribution in [3.05, 3.63) is 21.5 Å². The molecule has 0 atom stereocenters. The van der Waals surface area contributed by atoms with Gasteiger partial charge in [-0.2, -0.15) is 0 Å². The zero-order valence-electron chi connectivity index (χ0n) is 11.1. The second-order valence-electron chi connectivity index (χ2n) is 5.37. The number of carbonyl (C=O) groups excluding carboxylic acids is 2. The van der Waals surface area contributed by atoms with Gasteiger partial charge in [-0.3, -0.25) is 9.59 Å². The van der Waals surface area contributed by atoms with Crippen LogP contribution in [0.2, 0.25) is 0 Å². The molecule has 0 spiro atoms. The van der Waals surface area contributed by atoms with Crippen molar-refractivity contribution in [2.45, 2.75) is 25.7 Å². The molecule has 0 unspecified atom stereocenters. The maximum absolute atomic E-state index is 12.5. The van der Waals surface area contributed by atoms with Crippen LogP contribution < -0.4 is 0 Å². The molecule has 0 amide bonds. The summed E-state index contributed by atoms with van der Waals surface area (Å²) in [6, 6.07) is 0. The number of rotatable bonds is 2. The molecular formula is C14H16Cl2N2O2. The van der Waals surface area contributed by atoms with E-state index in [2.05, 4.69) is 0 Å². The van der Waals surface area contributed by atoms with Gasteiger partial charge in [0.15, 0.2) is 0 Å². The summed E-state index contributed by atoms with van der Waals surface area (Å²) in [4.78, 5) is 28.7. The van der Waals surface area contributed by atoms with Crippen LogP contribution in [0.3, 0.4) is 0 Å². The summed E-state index contributed by atoms with van der Waals surface area (Å²) in [5, 5.41) is 0.0615. The Balaban J connectivity index is 1.97. The van der Waals surface area contributed by atoms with Crippen LogP contribution in [0.4, 0.5) is 0 Å². The molecule has 6 heteroatoms. The third-order valence-electron chi connectivity index (χ3n) is 4.09. The molecule has 2 aliphatic heterocycles. The molecule has 0 aromatic carbocycles. The number of nitrogens with zero attached hydrogens (tertiary/aromatic N) is 2. The molecule has 0 saturated carbocycles. The number of likely N-dealkylation sites (tertiary alicyclic amines) is 2. The van der Waals surface area contributed by atoms with Gasteiger partial charge in [0, 0.05) is 26.2 Å². The average molecular weight is 315 g/mol.